The number of halogens is 2. The van der Waals surface area contributed by atoms with Crippen LogP contribution in [-0.4, -0.2) is 28.6 Å². The summed E-state index contributed by atoms with van der Waals surface area (Å²) in [6.07, 6.45) is 1.80. The van der Waals surface area contributed by atoms with E-state index in [4.69, 9.17) is 32.7 Å². The summed E-state index contributed by atoms with van der Waals surface area (Å²) < 4.78 is 13.3. The smallest absolute Gasteiger partial charge is 0.240 e. The molecule has 5 nitrogen and oxygen atoms in total. The van der Waals surface area contributed by atoms with Crippen LogP contribution in [0.3, 0.4) is 0 Å². The number of hydrogen-bond acceptors (Lipinski definition) is 5. The molecule has 104 valence electrons. The van der Waals surface area contributed by atoms with Gasteiger partial charge in [0, 0.05) is 11.8 Å². The Hall–Kier alpha value is -1.50. The second-order valence-electron chi connectivity index (χ2n) is 3.87. The highest BCUT2D eigenvalue weighted by molar-refractivity contribution is 7.20. The van der Waals surface area contributed by atoms with Gasteiger partial charge in [-0.15, -0.1) is 11.3 Å². The Balaban J connectivity index is 2.22. The number of nitrogens with zero attached hydrogens (tertiary/aromatic N) is 3. The molecule has 0 amide bonds. The molecule has 3 heterocycles. The zero-order valence-corrected chi connectivity index (χ0v) is 12.9. The standard InChI is InChI=1S/C12H9Cl2N3O2S/c1-18-9-4-10(19-2)17-5-7(15-12(17)16-9)6-3-8(13)20-11(6)14/h3-5H,1-2H3. The summed E-state index contributed by atoms with van der Waals surface area (Å²) in [5.74, 6) is 1.47. The minimum absolute atomic E-state index is 0.431. The lowest BCUT2D eigenvalue weighted by molar-refractivity contribution is 0.369. The van der Waals surface area contributed by atoms with Gasteiger partial charge in [0.05, 0.1) is 30.3 Å². The summed E-state index contributed by atoms with van der Waals surface area (Å²) in [5.41, 5.74) is 1.45. The van der Waals surface area contributed by atoms with Gasteiger partial charge in [0.25, 0.3) is 0 Å². The van der Waals surface area contributed by atoms with Crippen molar-refractivity contribution in [1.29, 1.82) is 0 Å². The highest BCUT2D eigenvalue weighted by Crippen LogP contribution is 2.38. The average molecular weight is 330 g/mol. The molecule has 0 aliphatic rings. The van der Waals surface area contributed by atoms with Gasteiger partial charge in [-0.05, 0) is 6.07 Å². The highest BCUT2D eigenvalue weighted by Gasteiger charge is 2.15. The molecule has 3 rings (SSSR count). The molecule has 0 aliphatic carbocycles. The number of fused-ring (bicyclic) bond motifs is 1. The van der Waals surface area contributed by atoms with E-state index in [-0.39, 0.29) is 0 Å². The van der Waals surface area contributed by atoms with Crippen LogP contribution in [0.1, 0.15) is 0 Å². The molecule has 0 fully saturated rings. The maximum atomic E-state index is 6.15. The van der Waals surface area contributed by atoms with Crippen molar-refractivity contribution in [2.75, 3.05) is 14.2 Å². The summed E-state index contributed by atoms with van der Waals surface area (Å²) in [4.78, 5) is 8.69. The topological polar surface area (TPSA) is 48.7 Å². The quantitative estimate of drug-likeness (QED) is 0.733. The third-order valence-corrected chi connectivity index (χ3v) is 4.22. The Morgan fingerprint density at radius 3 is 2.55 bits per heavy atom. The molecule has 0 saturated carbocycles. The monoisotopic (exact) mass is 329 g/mol. The maximum absolute atomic E-state index is 6.15. The third kappa shape index (κ3) is 2.19. The van der Waals surface area contributed by atoms with Crippen LogP contribution in [0.5, 0.6) is 11.8 Å². The summed E-state index contributed by atoms with van der Waals surface area (Å²) in [6.45, 7) is 0. The molecule has 3 aromatic heterocycles. The van der Waals surface area contributed by atoms with E-state index in [2.05, 4.69) is 9.97 Å². The van der Waals surface area contributed by atoms with E-state index in [1.54, 1.807) is 29.8 Å². The van der Waals surface area contributed by atoms with Gasteiger partial charge >= 0.3 is 0 Å². The number of ether oxygens (including phenoxy) is 2. The van der Waals surface area contributed by atoms with Crippen molar-refractivity contribution in [3.05, 3.63) is 27.0 Å². The number of thiophene rings is 1. The van der Waals surface area contributed by atoms with Gasteiger partial charge in [0.2, 0.25) is 17.5 Å². The van der Waals surface area contributed by atoms with Crippen LogP contribution in [0.2, 0.25) is 8.67 Å². The lowest BCUT2D eigenvalue weighted by atomic mass is 10.3. The van der Waals surface area contributed by atoms with Gasteiger partial charge < -0.3 is 9.47 Å². The summed E-state index contributed by atoms with van der Waals surface area (Å²) in [7, 11) is 3.11. The molecule has 0 bridgehead atoms. The van der Waals surface area contributed by atoms with Gasteiger partial charge in [-0.2, -0.15) is 4.98 Å². The first-order valence-electron chi connectivity index (χ1n) is 5.55. The fraction of sp³-hybridized carbons (Fsp3) is 0.167. The molecule has 0 aliphatic heterocycles. The van der Waals surface area contributed by atoms with Crippen molar-refractivity contribution in [2.45, 2.75) is 0 Å². The van der Waals surface area contributed by atoms with Crippen LogP contribution in [0, 0.1) is 0 Å². The Morgan fingerprint density at radius 1 is 1.15 bits per heavy atom. The van der Waals surface area contributed by atoms with E-state index in [1.165, 1.54) is 18.4 Å². The first kappa shape index (κ1) is 13.5. The van der Waals surface area contributed by atoms with Crippen LogP contribution in [-0.2, 0) is 0 Å². The largest absolute Gasteiger partial charge is 0.482 e. The van der Waals surface area contributed by atoms with E-state index < -0.39 is 0 Å². The predicted octanol–water partition coefficient (Wildman–Crippen LogP) is 3.78. The summed E-state index contributed by atoms with van der Waals surface area (Å²) in [6, 6.07) is 3.46. The van der Waals surface area contributed by atoms with E-state index >= 15 is 0 Å². The Labute approximate surface area is 128 Å². The lowest BCUT2D eigenvalue weighted by Crippen LogP contribution is -1.97. The van der Waals surface area contributed by atoms with Crippen molar-refractivity contribution in [3.63, 3.8) is 0 Å². The first-order valence-corrected chi connectivity index (χ1v) is 7.13. The van der Waals surface area contributed by atoms with Gasteiger partial charge in [0.1, 0.15) is 4.34 Å². The molecule has 0 radical (unpaired) electrons. The number of rotatable bonds is 3. The molecule has 3 aromatic rings. The lowest BCUT2D eigenvalue weighted by Gasteiger charge is -2.04. The number of imidazole rings is 1. The third-order valence-electron chi connectivity index (χ3n) is 2.73. The van der Waals surface area contributed by atoms with Crippen LogP contribution in [0.15, 0.2) is 18.3 Å². The maximum Gasteiger partial charge on any atom is 0.240 e. The number of methoxy groups -OCH3 is 2. The molecule has 20 heavy (non-hydrogen) atoms. The molecule has 0 saturated heterocycles. The molecular weight excluding hydrogens is 321 g/mol. The number of hydrogen-bond donors (Lipinski definition) is 0. The van der Waals surface area contributed by atoms with Crippen molar-refractivity contribution >= 4 is 40.3 Å². The molecule has 8 heteroatoms. The first-order chi connectivity index (χ1) is 9.62. The van der Waals surface area contributed by atoms with Crippen molar-refractivity contribution in [1.82, 2.24) is 14.4 Å². The average Bonchev–Trinajstić information content (AvgIpc) is 2.99. The Morgan fingerprint density at radius 2 is 1.95 bits per heavy atom. The van der Waals surface area contributed by atoms with Crippen molar-refractivity contribution in [2.24, 2.45) is 0 Å². The number of aromatic nitrogens is 3. The Kier molecular flexibility index (Phi) is 3.45. The Bertz CT molecular complexity index is 784. The predicted molar refractivity (Wildman–Crippen MR) is 79.4 cm³/mol. The van der Waals surface area contributed by atoms with Crippen molar-refractivity contribution in [3.8, 4) is 23.0 Å². The molecule has 0 aromatic carbocycles. The van der Waals surface area contributed by atoms with E-state index in [0.717, 1.165) is 5.56 Å². The van der Waals surface area contributed by atoms with Crippen molar-refractivity contribution < 1.29 is 9.47 Å². The summed E-state index contributed by atoms with van der Waals surface area (Å²) in [5, 5.41) is 0. The van der Waals surface area contributed by atoms with Crippen LogP contribution >= 0.6 is 34.5 Å². The molecule has 0 atom stereocenters. The fourth-order valence-electron chi connectivity index (χ4n) is 1.82. The zero-order chi connectivity index (χ0) is 14.3. The van der Waals surface area contributed by atoms with E-state index in [1.807, 2.05) is 0 Å². The van der Waals surface area contributed by atoms with Gasteiger partial charge in [-0.1, -0.05) is 23.2 Å². The van der Waals surface area contributed by atoms with Gasteiger partial charge in [0.15, 0.2) is 0 Å². The molecule has 0 N–H and O–H groups in total. The van der Waals surface area contributed by atoms with E-state index in [0.29, 0.717) is 31.9 Å². The van der Waals surface area contributed by atoms with Crippen LogP contribution in [0.25, 0.3) is 17.0 Å². The fourth-order valence-corrected chi connectivity index (χ4v) is 3.31. The zero-order valence-electron chi connectivity index (χ0n) is 10.6. The van der Waals surface area contributed by atoms with Crippen LogP contribution in [0.4, 0.5) is 0 Å². The van der Waals surface area contributed by atoms with Gasteiger partial charge in [-0.3, -0.25) is 4.40 Å². The molecule has 0 unspecified atom stereocenters. The SMILES string of the molecule is COc1cc(OC)n2cc(-c3cc(Cl)sc3Cl)nc2n1. The van der Waals surface area contributed by atoms with Gasteiger partial charge in [-0.25, -0.2) is 4.98 Å². The van der Waals surface area contributed by atoms with Crippen LogP contribution < -0.4 is 9.47 Å². The summed E-state index contributed by atoms with van der Waals surface area (Å²) >= 11 is 13.4. The minimum atomic E-state index is 0.431. The normalized spacial score (nSPS) is 11.0. The molecule has 0 spiro atoms. The second kappa shape index (κ2) is 5.12. The molecular formula is C12H9Cl2N3O2S. The minimum Gasteiger partial charge on any atom is -0.482 e. The second-order valence-corrected chi connectivity index (χ2v) is 6.16. The highest BCUT2D eigenvalue weighted by atomic mass is 35.5. The van der Waals surface area contributed by atoms with E-state index in [9.17, 15) is 0 Å².